The zero-order valence-electron chi connectivity index (χ0n) is 9.42. The lowest BCUT2D eigenvalue weighted by molar-refractivity contribution is 0.623. The number of hydrogen-bond donors (Lipinski definition) is 1. The van der Waals surface area contributed by atoms with Gasteiger partial charge in [-0.25, -0.2) is 0 Å². The SMILES string of the molecule is NCc1c(Br)cccc1SCC1CCCC1. The first-order valence-electron chi connectivity index (χ1n) is 5.91. The molecule has 2 N–H and O–H groups in total. The lowest BCUT2D eigenvalue weighted by Crippen LogP contribution is -2.02. The van der Waals surface area contributed by atoms with Crippen LogP contribution in [-0.2, 0) is 6.54 Å². The maximum atomic E-state index is 5.79. The zero-order chi connectivity index (χ0) is 11.4. The highest BCUT2D eigenvalue weighted by molar-refractivity contribution is 9.10. The molecule has 0 heterocycles. The molecule has 0 bridgehead atoms. The molecule has 0 amide bonds. The van der Waals surface area contributed by atoms with Gasteiger partial charge < -0.3 is 5.73 Å². The second-order valence-electron chi connectivity index (χ2n) is 4.38. The molecule has 0 unspecified atom stereocenters. The monoisotopic (exact) mass is 299 g/mol. The molecule has 1 aromatic rings. The minimum absolute atomic E-state index is 0.619. The van der Waals surface area contributed by atoms with E-state index in [1.54, 1.807) is 0 Å². The summed E-state index contributed by atoms with van der Waals surface area (Å²) < 4.78 is 1.14. The second kappa shape index (κ2) is 6.08. The molecule has 0 aromatic heterocycles. The summed E-state index contributed by atoms with van der Waals surface area (Å²) in [6, 6.07) is 6.36. The number of halogens is 1. The van der Waals surface area contributed by atoms with Crippen LogP contribution in [0.5, 0.6) is 0 Å². The van der Waals surface area contributed by atoms with Gasteiger partial charge in [0.2, 0.25) is 0 Å². The van der Waals surface area contributed by atoms with Crippen molar-refractivity contribution < 1.29 is 0 Å². The van der Waals surface area contributed by atoms with Crippen LogP contribution in [0.4, 0.5) is 0 Å². The third-order valence-corrected chi connectivity index (χ3v) is 5.30. The number of thioether (sulfide) groups is 1. The van der Waals surface area contributed by atoms with Crippen LogP contribution in [0.2, 0.25) is 0 Å². The molecule has 1 nitrogen and oxygen atoms in total. The van der Waals surface area contributed by atoms with E-state index in [4.69, 9.17) is 5.73 Å². The van der Waals surface area contributed by atoms with Crippen LogP contribution in [0.1, 0.15) is 31.2 Å². The highest BCUT2D eigenvalue weighted by atomic mass is 79.9. The van der Waals surface area contributed by atoms with Gasteiger partial charge in [-0.05, 0) is 36.5 Å². The van der Waals surface area contributed by atoms with Crippen LogP contribution in [0.25, 0.3) is 0 Å². The molecule has 16 heavy (non-hydrogen) atoms. The van der Waals surface area contributed by atoms with Gasteiger partial charge >= 0.3 is 0 Å². The molecule has 0 saturated heterocycles. The molecule has 88 valence electrons. The summed E-state index contributed by atoms with van der Waals surface area (Å²) in [5, 5.41) is 0. The molecule has 1 fully saturated rings. The molecule has 0 aliphatic heterocycles. The highest BCUT2D eigenvalue weighted by Gasteiger charge is 2.16. The van der Waals surface area contributed by atoms with Crippen LogP contribution in [0.3, 0.4) is 0 Å². The fourth-order valence-electron chi connectivity index (χ4n) is 2.26. The van der Waals surface area contributed by atoms with Gasteiger partial charge in [0.05, 0.1) is 0 Å². The van der Waals surface area contributed by atoms with Crippen LogP contribution >= 0.6 is 27.7 Å². The maximum absolute atomic E-state index is 5.79. The Bertz CT molecular complexity index is 348. The van der Waals surface area contributed by atoms with E-state index in [0.717, 1.165) is 10.4 Å². The molecular formula is C13H18BrNS. The molecule has 1 aliphatic rings. The Morgan fingerprint density at radius 3 is 2.75 bits per heavy atom. The third-order valence-electron chi connectivity index (χ3n) is 3.23. The number of rotatable bonds is 4. The molecule has 2 rings (SSSR count). The van der Waals surface area contributed by atoms with E-state index >= 15 is 0 Å². The minimum atomic E-state index is 0.619. The zero-order valence-corrected chi connectivity index (χ0v) is 11.8. The summed E-state index contributed by atoms with van der Waals surface area (Å²) in [5.41, 5.74) is 7.05. The van der Waals surface area contributed by atoms with E-state index < -0.39 is 0 Å². The van der Waals surface area contributed by atoms with Crippen molar-refractivity contribution in [3.8, 4) is 0 Å². The summed E-state index contributed by atoms with van der Waals surface area (Å²) in [7, 11) is 0. The molecule has 1 aromatic carbocycles. The van der Waals surface area contributed by atoms with Crippen LogP contribution in [0.15, 0.2) is 27.6 Å². The summed E-state index contributed by atoms with van der Waals surface area (Å²) >= 11 is 5.54. The number of nitrogens with two attached hydrogens (primary N) is 1. The Kier molecular flexibility index (Phi) is 4.74. The van der Waals surface area contributed by atoms with Crippen LogP contribution in [0, 0.1) is 5.92 Å². The van der Waals surface area contributed by atoms with E-state index in [9.17, 15) is 0 Å². The molecule has 1 saturated carbocycles. The molecule has 1 aliphatic carbocycles. The van der Waals surface area contributed by atoms with Crippen molar-refractivity contribution in [2.24, 2.45) is 11.7 Å². The largest absolute Gasteiger partial charge is 0.326 e. The first-order chi connectivity index (χ1) is 7.81. The van der Waals surface area contributed by atoms with Crippen molar-refractivity contribution in [2.75, 3.05) is 5.75 Å². The molecular weight excluding hydrogens is 282 g/mol. The van der Waals surface area contributed by atoms with Gasteiger partial charge in [-0.3, -0.25) is 0 Å². The normalized spacial score (nSPS) is 16.9. The molecule has 3 heteroatoms. The van der Waals surface area contributed by atoms with E-state index in [0.29, 0.717) is 6.54 Å². The average molecular weight is 300 g/mol. The maximum Gasteiger partial charge on any atom is 0.0231 e. The summed E-state index contributed by atoms with van der Waals surface area (Å²) in [6.07, 6.45) is 5.68. The van der Waals surface area contributed by atoms with Crippen LogP contribution < -0.4 is 5.73 Å². The van der Waals surface area contributed by atoms with E-state index in [1.165, 1.54) is 41.9 Å². The van der Waals surface area contributed by atoms with Crippen molar-refractivity contribution in [1.82, 2.24) is 0 Å². The van der Waals surface area contributed by atoms with Gasteiger partial charge in [0.25, 0.3) is 0 Å². The van der Waals surface area contributed by atoms with Gasteiger partial charge in [0, 0.05) is 21.7 Å². The van der Waals surface area contributed by atoms with E-state index in [-0.39, 0.29) is 0 Å². The highest BCUT2D eigenvalue weighted by Crippen LogP contribution is 2.34. The van der Waals surface area contributed by atoms with E-state index in [1.807, 2.05) is 11.8 Å². The molecule has 0 radical (unpaired) electrons. The van der Waals surface area contributed by atoms with Crippen molar-refractivity contribution in [3.63, 3.8) is 0 Å². The van der Waals surface area contributed by atoms with Gasteiger partial charge in [-0.2, -0.15) is 0 Å². The average Bonchev–Trinajstić information content (AvgIpc) is 2.79. The van der Waals surface area contributed by atoms with Gasteiger partial charge in [-0.15, -0.1) is 11.8 Å². The predicted molar refractivity (Wildman–Crippen MR) is 74.7 cm³/mol. The smallest absolute Gasteiger partial charge is 0.0231 e. The van der Waals surface area contributed by atoms with Gasteiger partial charge in [-0.1, -0.05) is 34.8 Å². The predicted octanol–water partition coefficient (Wildman–Crippen LogP) is 4.19. The Morgan fingerprint density at radius 2 is 2.06 bits per heavy atom. The quantitative estimate of drug-likeness (QED) is 0.844. The van der Waals surface area contributed by atoms with Crippen LogP contribution in [-0.4, -0.2) is 5.75 Å². The first kappa shape index (κ1) is 12.5. The van der Waals surface area contributed by atoms with Crippen molar-refractivity contribution in [2.45, 2.75) is 37.1 Å². The van der Waals surface area contributed by atoms with Crippen molar-refractivity contribution in [1.29, 1.82) is 0 Å². The Hall–Kier alpha value is 0.01000. The second-order valence-corrected chi connectivity index (χ2v) is 6.30. The first-order valence-corrected chi connectivity index (χ1v) is 7.69. The summed E-state index contributed by atoms with van der Waals surface area (Å²) in [4.78, 5) is 1.35. The topological polar surface area (TPSA) is 26.0 Å². The lowest BCUT2D eigenvalue weighted by Gasteiger charge is -2.12. The standard InChI is InChI=1S/C13H18BrNS/c14-12-6-3-7-13(11(12)8-15)16-9-10-4-1-2-5-10/h3,6-7,10H,1-2,4-5,8-9,15H2. The van der Waals surface area contributed by atoms with Gasteiger partial charge in [0.15, 0.2) is 0 Å². The third kappa shape index (κ3) is 3.02. The Labute approximate surface area is 110 Å². The number of hydrogen-bond acceptors (Lipinski definition) is 2. The Morgan fingerprint density at radius 1 is 1.31 bits per heavy atom. The fourth-order valence-corrected chi connectivity index (χ4v) is 4.21. The Balaban J connectivity index is 2.00. The van der Waals surface area contributed by atoms with Gasteiger partial charge in [0.1, 0.15) is 0 Å². The minimum Gasteiger partial charge on any atom is -0.326 e. The molecule has 0 spiro atoms. The van der Waals surface area contributed by atoms with Crippen molar-refractivity contribution in [3.05, 3.63) is 28.2 Å². The summed E-state index contributed by atoms with van der Waals surface area (Å²) in [6.45, 7) is 0.619. The van der Waals surface area contributed by atoms with Crippen molar-refractivity contribution >= 4 is 27.7 Å². The summed E-state index contributed by atoms with van der Waals surface area (Å²) in [5.74, 6) is 2.18. The van der Waals surface area contributed by atoms with E-state index in [2.05, 4.69) is 34.1 Å². The molecule has 0 atom stereocenters. The lowest BCUT2D eigenvalue weighted by atomic mass is 10.1. The fraction of sp³-hybridized carbons (Fsp3) is 0.538. The number of benzene rings is 1.